The Labute approximate surface area is 160 Å². The van der Waals surface area contributed by atoms with Crippen molar-refractivity contribution >= 4 is 13.3 Å². The fourth-order valence-electron chi connectivity index (χ4n) is 3.17. The first kappa shape index (κ1) is 19.3. The monoisotopic (exact) mass is 380 g/mol. The van der Waals surface area contributed by atoms with Crippen LogP contribution in [-0.4, -0.2) is 27.0 Å². The lowest BCUT2D eigenvalue weighted by molar-refractivity contribution is 0.241. The van der Waals surface area contributed by atoms with E-state index in [1.165, 1.54) is 0 Å². The average Bonchev–Trinajstić information content (AvgIpc) is 3.20. The van der Waals surface area contributed by atoms with Crippen molar-refractivity contribution in [2.75, 3.05) is 12.3 Å². The second-order valence-electron chi connectivity index (χ2n) is 6.62. The lowest BCUT2D eigenvalue weighted by Gasteiger charge is -2.24. The smallest absolute Gasteiger partial charge is 0.165 e. The van der Waals surface area contributed by atoms with Crippen molar-refractivity contribution in [2.45, 2.75) is 18.7 Å². The van der Waals surface area contributed by atoms with Crippen molar-refractivity contribution in [1.82, 2.24) is 9.55 Å². The highest BCUT2D eigenvalue weighted by Gasteiger charge is 2.34. The Kier molecular flexibility index (Phi) is 6.44. The Morgan fingerprint density at radius 1 is 1.00 bits per heavy atom. The number of hydrogen-bond acceptors (Lipinski definition) is 3. The molecule has 0 aliphatic carbocycles. The zero-order chi connectivity index (χ0) is 19.1. The van der Waals surface area contributed by atoms with Gasteiger partial charge in [0.25, 0.3) is 0 Å². The summed E-state index contributed by atoms with van der Waals surface area (Å²) in [6.07, 6.45) is 7.09. The molecule has 3 rings (SSSR count). The minimum atomic E-state index is -2.95. The molecular formula is C22H25N2O2P. The van der Waals surface area contributed by atoms with Crippen molar-refractivity contribution < 1.29 is 9.67 Å². The molecule has 4 nitrogen and oxygen atoms in total. The summed E-state index contributed by atoms with van der Waals surface area (Å²) in [5, 5.41) is 11.0. The average molecular weight is 380 g/mol. The van der Waals surface area contributed by atoms with Crippen LogP contribution in [0.2, 0.25) is 0 Å². The van der Waals surface area contributed by atoms with Gasteiger partial charge in [0, 0.05) is 30.9 Å². The molecule has 3 aromatic rings. The van der Waals surface area contributed by atoms with Crippen LogP contribution in [0.15, 0.2) is 79.6 Å². The molecule has 0 aliphatic heterocycles. The SMILES string of the molecule is C=Cn1ccnc1C(O)P(=O)(CCc1ccccc1)CCc1ccccc1. The number of aliphatic hydroxyl groups excluding tert-OH is 1. The zero-order valence-corrected chi connectivity index (χ0v) is 16.2. The fourth-order valence-corrected chi connectivity index (χ4v) is 5.78. The van der Waals surface area contributed by atoms with Crippen LogP contribution in [-0.2, 0) is 17.4 Å². The fraction of sp³-hybridized carbons (Fsp3) is 0.227. The Bertz CT molecular complexity index is 859. The number of aromatic nitrogens is 2. The van der Waals surface area contributed by atoms with Gasteiger partial charge in [0.2, 0.25) is 0 Å². The first-order valence-corrected chi connectivity index (χ1v) is 11.3. The summed E-state index contributed by atoms with van der Waals surface area (Å²) in [5.41, 5.74) is 2.24. The van der Waals surface area contributed by atoms with E-state index in [1.54, 1.807) is 23.2 Å². The van der Waals surface area contributed by atoms with Crippen molar-refractivity contribution in [3.8, 4) is 0 Å². The summed E-state index contributed by atoms with van der Waals surface area (Å²) < 4.78 is 15.5. The molecule has 0 saturated heterocycles. The summed E-state index contributed by atoms with van der Waals surface area (Å²) in [5.74, 6) is -0.701. The third-order valence-electron chi connectivity index (χ3n) is 4.82. The van der Waals surface area contributed by atoms with E-state index in [0.29, 0.717) is 31.0 Å². The van der Waals surface area contributed by atoms with Gasteiger partial charge in [-0.15, -0.1) is 0 Å². The summed E-state index contributed by atoms with van der Waals surface area (Å²) >= 11 is 0. The van der Waals surface area contributed by atoms with Crippen LogP contribution in [0, 0.1) is 0 Å². The maximum atomic E-state index is 13.9. The van der Waals surface area contributed by atoms with Crippen molar-refractivity contribution in [3.63, 3.8) is 0 Å². The minimum absolute atomic E-state index is 0.398. The van der Waals surface area contributed by atoms with Crippen LogP contribution in [0.5, 0.6) is 0 Å². The quantitative estimate of drug-likeness (QED) is 0.541. The molecule has 0 saturated carbocycles. The summed E-state index contributed by atoms with van der Waals surface area (Å²) in [4.78, 5) is 4.23. The maximum absolute atomic E-state index is 13.9. The first-order valence-electron chi connectivity index (χ1n) is 9.11. The third-order valence-corrected chi connectivity index (χ3v) is 7.90. The number of benzene rings is 2. The second kappa shape index (κ2) is 8.98. The Balaban J connectivity index is 1.82. The van der Waals surface area contributed by atoms with Gasteiger partial charge in [-0.3, -0.25) is 0 Å². The Morgan fingerprint density at radius 2 is 1.52 bits per heavy atom. The van der Waals surface area contributed by atoms with Gasteiger partial charge in [-0.1, -0.05) is 67.2 Å². The van der Waals surface area contributed by atoms with Crippen LogP contribution in [0.3, 0.4) is 0 Å². The molecule has 1 heterocycles. The van der Waals surface area contributed by atoms with E-state index in [1.807, 2.05) is 60.7 Å². The Morgan fingerprint density at radius 3 is 2.00 bits per heavy atom. The molecule has 1 aromatic heterocycles. The van der Waals surface area contributed by atoms with Gasteiger partial charge in [-0.25, -0.2) is 4.98 Å². The maximum Gasteiger partial charge on any atom is 0.165 e. The predicted molar refractivity (Wildman–Crippen MR) is 111 cm³/mol. The van der Waals surface area contributed by atoms with Crippen molar-refractivity contribution in [3.05, 3.63) is 96.6 Å². The van der Waals surface area contributed by atoms with E-state index in [-0.39, 0.29) is 0 Å². The van der Waals surface area contributed by atoms with E-state index in [0.717, 1.165) is 11.1 Å². The topological polar surface area (TPSA) is 55.1 Å². The Hall–Kier alpha value is -2.42. The van der Waals surface area contributed by atoms with Gasteiger partial charge >= 0.3 is 0 Å². The largest absolute Gasteiger partial charge is 0.377 e. The van der Waals surface area contributed by atoms with Crippen LogP contribution < -0.4 is 0 Å². The van der Waals surface area contributed by atoms with Crippen LogP contribution in [0.1, 0.15) is 22.8 Å². The third kappa shape index (κ3) is 4.85. The van der Waals surface area contributed by atoms with Gasteiger partial charge in [0.05, 0.1) is 0 Å². The van der Waals surface area contributed by atoms with Gasteiger partial charge in [-0.2, -0.15) is 0 Å². The highest BCUT2D eigenvalue weighted by Crippen LogP contribution is 2.57. The number of imidazole rings is 1. The molecule has 0 amide bonds. The standard InChI is InChI=1S/C22H25N2O2P/c1-2-24-16-15-23-21(24)22(25)27(26,17-13-19-9-5-3-6-10-19)18-14-20-11-7-4-8-12-20/h2-12,15-16,22,25H,1,13-14,17-18H2. The highest BCUT2D eigenvalue weighted by atomic mass is 31.2. The first-order chi connectivity index (χ1) is 13.1. The van der Waals surface area contributed by atoms with Crippen molar-refractivity contribution in [2.24, 2.45) is 0 Å². The molecule has 1 N–H and O–H groups in total. The predicted octanol–water partition coefficient (Wildman–Crippen LogP) is 4.82. The lowest BCUT2D eigenvalue weighted by atomic mass is 10.2. The molecule has 140 valence electrons. The second-order valence-corrected chi connectivity index (χ2v) is 9.91. The van der Waals surface area contributed by atoms with Gasteiger partial charge in [0.15, 0.2) is 5.85 Å². The van der Waals surface area contributed by atoms with E-state index < -0.39 is 13.0 Å². The number of aliphatic hydroxyl groups is 1. The molecule has 0 radical (unpaired) electrons. The molecule has 0 spiro atoms. The van der Waals surface area contributed by atoms with E-state index in [9.17, 15) is 9.67 Å². The van der Waals surface area contributed by atoms with Gasteiger partial charge < -0.3 is 14.2 Å². The molecule has 2 aromatic carbocycles. The number of rotatable bonds is 9. The number of aryl methyl sites for hydroxylation is 2. The summed E-state index contributed by atoms with van der Waals surface area (Å²) in [7, 11) is -2.95. The summed E-state index contributed by atoms with van der Waals surface area (Å²) in [6, 6.07) is 19.9. The molecule has 0 bridgehead atoms. The van der Waals surface area contributed by atoms with Crippen LogP contribution in [0.25, 0.3) is 6.20 Å². The molecule has 1 unspecified atom stereocenters. The molecule has 27 heavy (non-hydrogen) atoms. The summed E-state index contributed by atoms with van der Waals surface area (Å²) in [6.45, 7) is 3.74. The molecule has 0 fully saturated rings. The molecule has 1 atom stereocenters. The van der Waals surface area contributed by atoms with Crippen molar-refractivity contribution in [1.29, 1.82) is 0 Å². The molecule has 5 heteroatoms. The molecule has 0 aliphatic rings. The van der Waals surface area contributed by atoms with E-state index in [4.69, 9.17) is 0 Å². The lowest BCUT2D eigenvalue weighted by Crippen LogP contribution is -2.13. The highest BCUT2D eigenvalue weighted by molar-refractivity contribution is 7.64. The van der Waals surface area contributed by atoms with Gasteiger partial charge in [-0.05, 0) is 24.0 Å². The van der Waals surface area contributed by atoms with Crippen LogP contribution >= 0.6 is 7.14 Å². The normalized spacial score (nSPS) is 12.6. The number of hydrogen-bond donors (Lipinski definition) is 1. The minimum Gasteiger partial charge on any atom is -0.377 e. The number of nitrogens with zero attached hydrogens (tertiary/aromatic N) is 2. The van der Waals surface area contributed by atoms with E-state index >= 15 is 0 Å². The van der Waals surface area contributed by atoms with Gasteiger partial charge in [0.1, 0.15) is 13.0 Å². The zero-order valence-electron chi connectivity index (χ0n) is 15.3. The van der Waals surface area contributed by atoms with E-state index in [2.05, 4.69) is 11.6 Å². The molecular weight excluding hydrogens is 355 g/mol. The van der Waals surface area contributed by atoms with Crippen LogP contribution in [0.4, 0.5) is 0 Å².